The van der Waals surface area contributed by atoms with Gasteiger partial charge in [0.2, 0.25) is 0 Å². The highest BCUT2D eigenvalue weighted by molar-refractivity contribution is 5.92. The summed E-state index contributed by atoms with van der Waals surface area (Å²) in [6.07, 6.45) is 1.07. The number of amides is 2. The molecule has 1 aromatic carbocycles. The molecule has 0 saturated carbocycles. The first kappa shape index (κ1) is 15.4. The number of urea groups is 1. The van der Waals surface area contributed by atoms with E-state index in [-0.39, 0.29) is 11.9 Å². The van der Waals surface area contributed by atoms with Gasteiger partial charge in [0.25, 0.3) is 0 Å². The third-order valence-corrected chi connectivity index (χ3v) is 4.01. The minimum atomic E-state index is -0.756. The maximum Gasteiger partial charge on any atom is 0.324 e. The third-order valence-electron chi connectivity index (χ3n) is 4.01. The van der Waals surface area contributed by atoms with E-state index in [1.165, 1.54) is 0 Å². The van der Waals surface area contributed by atoms with Crippen LogP contribution in [0.5, 0.6) is 0 Å². The molecule has 114 valence electrons. The highest BCUT2D eigenvalue weighted by Gasteiger charge is 2.29. The normalized spacial score (nSPS) is 15.8. The lowest BCUT2D eigenvalue weighted by Gasteiger charge is -2.34. The predicted molar refractivity (Wildman–Crippen MR) is 81.5 cm³/mol. The van der Waals surface area contributed by atoms with Gasteiger partial charge in [0.1, 0.15) is 0 Å². The van der Waals surface area contributed by atoms with Crippen LogP contribution in [0.4, 0.5) is 10.5 Å². The van der Waals surface area contributed by atoms with Crippen molar-refractivity contribution in [1.29, 1.82) is 0 Å². The Labute approximate surface area is 125 Å². The van der Waals surface area contributed by atoms with Gasteiger partial charge in [-0.15, -0.1) is 0 Å². The van der Waals surface area contributed by atoms with Crippen LogP contribution in [0.1, 0.15) is 25.3 Å². The van der Waals surface area contributed by atoms with E-state index < -0.39 is 5.97 Å². The van der Waals surface area contributed by atoms with Crippen molar-refractivity contribution >= 4 is 17.7 Å². The summed E-state index contributed by atoms with van der Waals surface area (Å²) >= 11 is 0. The van der Waals surface area contributed by atoms with Gasteiger partial charge in [-0.25, -0.2) is 4.79 Å². The molecule has 0 atom stereocenters. The van der Waals surface area contributed by atoms with Gasteiger partial charge < -0.3 is 10.0 Å². The molecule has 1 aliphatic heterocycles. The standard InChI is InChI=1S/C16H22N2O3/c1-3-18(14-6-4-12(2)5-7-14)16(21)17-10-8-13(9-11-17)15(19)20/h4-7,13H,3,8-11H2,1-2H3,(H,19,20). The van der Waals surface area contributed by atoms with E-state index in [9.17, 15) is 9.59 Å². The van der Waals surface area contributed by atoms with Crippen LogP contribution in [0.2, 0.25) is 0 Å². The molecule has 0 aromatic heterocycles. The van der Waals surface area contributed by atoms with Gasteiger partial charge in [-0.2, -0.15) is 0 Å². The van der Waals surface area contributed by atoms with Crippen molar-refractivity contribution in [3.63, 3.8) is 0 Å². The van der Waals surface area contributed by atoms with E-state index in [0.29, 0.717) is 32.5 Å². The van der Waals surface area contributed by atoms with Gasteiger partial charge in [0, 0.05) is 25.3 Å². The molecule has 0 aliphatic carbocycles. The van der Waals surface area contributed by atoms with Crippen LogP contribution in [0.15, 0.2) is 24.3 Å². The minimum Gasteiger partial charge on any atom is -0.481 e. The molecule has 0 spiro atoms. The average molecular weight is 290 g/mol. The number of benzene rings is 1. The first-order valence-electron chi connectivity index (χ1n) is 7.39. The van der Waals surface area contributed by atoms with Crippen LogP contribution < -0.4 is 4.90 Å². The number of hydrogen-bond donors (Lipinski definition) is 1. The van der Waals surface area contributed by atoms with E-state index in [4.69, 9.17) is 5.11 Å². The first-order chi connectivity index (χ1) is 10.0. The van der Waals surface area contributed by atoms with Crippen LogP contribution in [0, 0.1) is 12.8 Å². The van der Waals surface area contributed by atoms with Gasteiger partial charge in [-0.3, -0.25) is 9.69 Å². The topological polar surface area (TPSA) is 60.9 Å². The maximum absolute atomic E-state index is 12.6. The van der Waals surface area contributed by atoms with Gasteiger partial charge >= 0.3 is 12.0 Å². The molecule has 1 aromatic rings. The molecule has 0 bridgehead atoms. The molecule has 1 fully saturated rings. The number of aliphatic carboxylic acids is 1. The predicted octanol–water partition coefficient (Wildman–Crippen LogP) is 2.74. The lowest BCUT2D eigenvalue weighted by molar-refractivity contribution is -0.143. The van der Waals surface area contributed by atoms with Crippen LogP contribution in [0.3, 0.4) is 0 Å². The quantitative estimate of drug-likeness (QED) is 0.931. The largest absolute Gasteiger partial charge is 0.481 e. The number of likely N-dealkylation sites (tertiary alicyclic amines) is 1. The number of anilines is 1. The Morgan fingerprint density at radius 3 is 2.29 bits per heavy atom. The Bertz CT molecular complexity index is 505. The molecule has 2 amide bonds. The van der Waals surface area contributed by atoms with Gasteiger partial charge in [0.05, 0.1) is 5.92 Å². The zero-order valence-electron chi connectivity index (χ0n) is 12.6. The highest BCUT2D eigenvalue weighted by Crippen LogP contribution is 2.21. The van der Waals surface area contributed by atoms with Crippen LogP contribution in [-0.4, -0.2) is 41.6 Å². The van der Waals surface area contributed by atoms with Crippen molar-refractivity contribution < 1.29 is 14.7 Å². The van der Waals surface area contributed by atoms with Crippen LogP contribution in [-0.2, 0) is 4.79 Å². The zero-order valence-corrected chi connectivity index (χ0v) is 12.6. The number of nitrogens with zero attached hydrogens (tertiary/aromatic N) is 2. The second kappa shape index (κ2) is 6.61. The van der Waals surface area contributed by atoms with E-state index in [1.54, 1.807) is 9.80 Å². The van der Waals surface area contributed by atoms with E-state index in [0.717, 1.165) is 11.3 Å². The molecule has 1 heterocycles. The van der Waals surface area contributed by atoms with Crippen LogP contribution >= 0.6 is 0 Å². The van der Waals surface area contributed by atoms with Gasteiger partial charge in [-0.1, -0.05) is 17.7 Å². The fourth-order valence-corrected chi connectivity index (χ4v) is 2.64. The van der Waals surface area contributed by atoms with Crippen LogP contribution in [0.25, 0.3) is 0 Å². The van der Waals surface area contributed by atoms with Crippen molar-refractivity contribution in [3.05, 3.63) is 29.8 Å². The summed E-state index contributed by atoms with van der Waals surface area (Å²) in [7, 11) is 0. The lowest BCUT2D eigenvalue weighted by Crippen LogP contribution is -2.47. The Hall–Kier alpha value is -2.04. The van der Waals surface area contributed by atoms with E-state index >= 15 is 0 Å². The lowest BCUT2D eigenvalue weighted by atomic mass is 9.97. The summed E-state index contributed by atoms with van der Waals surface area (Å²) in [6, 6.07) is 7.83. The molecule has 1 aliphatic rings. The summed E-state index contributed by atoms with van der Waals surface area (Å²) in [5.74, 6) is -1.07. The number of carboxylic acid groups (broad SMARTS) is 1. The molecule has 1 saturated heterocycles. The number of carbonyl (C=O) groups is 2. The number of piperidine rings is 1. The summed E-state index contributed by atoms with van der Waals surface area (Å²) in [6.45, 7) is 5.58. The summed E-state index contributed by atoms with van der Waals surface area (Å²) in [5.41, 5.74) is 2.04. The first-order valence-corrected chi connectivity index (χ1v) is 7.39. The van der Waals surface area contributed by atoms with Crippen molar-refractivity contribution in [2.75, 3.05) is 24.5 Å². The number of hydrogen-bond acceptors (Lipinski definition) is 2. The molecular weight excluding hydrogens is 268 g/mol. The summed E-state index contributed by atoms with van der Waals surface area (Å²) < 4.78 is 0. The molecule has 21 heavy (non-hydrogen) atoms. The molecule has 5 heteroatoms. The number of carboxylic acids is 1. The number of rotatable bonds is 3. The molecular formula is C16H22N2O3. The van der Waals surface area contributed by atoms with E-state index in [2.05, 4.69) is 0 Å². The van der Waals surface area contributed by atoms with Crippen molar-refractivity contribution in [3.8, 4) is 0 Å². The second-order valence-electron chi connectivity index (χ2n) is 5.46. The van der Waals surface area contributed by atoms with Crippen molar-refractivity contribution in [1.82, 2.24) is 4.90 Å². The third kappa shape index (κ3) is 3.54. The highest BCUT2D eigenvalue weighted by atomic mass is 16.4. The Kier molecular flexibility index (Phi) is 4.83. The van der Waals surface area contributed by atoms with Crippen molar-refractivity contribution in [2.45, 2.75) is 26.7 Å². The zero-order chi connectivity index (χ0) is 15.4. The molecule has 5 nitrogen and oxygen atoms in total. The smallest absolute Gasteiger partial charge is 0.324 e. The fourth-order valence-electron chi connectivity index (χ4n) is 2.64. The Balaban J connectivity index is 2.04. The van der Waals surface area contributed by atoms with Gasteiger partial charge in [-0.05, 0) is 38.8 Å². The number of carbonyl (C=O) groups excluding carboxylic acids is 1. The maximum atomic E-state index is 12.6. The monoisotopic (exact) mass is 290 g/mol. The fraction of sp³-hybridized carbons (Fsp3) is 0.500. The molecule has 2 rings (SSSR count). The van der Waals surface area contributed by atoms with E-state index in [1.807, 2.05) is 38.1 Å². The van der Waals surface area contributed by atoms with Gasteiger partial charge in [0.15, 0.2) is 0 Å². The molecule has 1 N–H and O–H groups in total. The summed E-state index contributed by atoms with van der Waals surface area (Å²) in [5, 5.41) is 9.01. The minimum absolute atomic E-state index is 0.0369. The van der Waals surface area contributed by atoms with Crippen molar-refractivity contribution in [2.24, 2.45) is 5.92 Å². The number of aryl methyl sites for hydroxylation is 1. The molecule has 0 unspecified atom stereocenters. The average Bonchev–Trinajstić information content (AvgIpc) is 2.50. The Morgan fingerprint density at radius 1 is 1.24 bits per heavy atom. The Morgan fingerprint density at radius 2 is 1.81 bits per heavy atom. The SMILES string of the molecule is CCN(C(=O)N1CCC(C(=O)O)CC1)c1ccc(C)cc1. The summed E-state index contributed by atoms with van der Waals surface area (Å²) in [4.78, 5) is 27.0. The molecule has 0 radical (unpaired) electrons. The second-order valence-corrected chi connectivity index (χ2v) is 5.46.